The van der Waals surface area contributed by atoms with Crippen LogP contribution in [0.1, 0.15) is 52.8 Å². The fourth-order valence-electron chi connectivity index (χ4n) is 4.51. The van der Waals surface area contributed by atoms with Crippen molar-refractivity contribution in [3.63, 3.8) is 0 Å². The van der Waals surface area contributed by atoms with Gasteiger partial charge in [-0.05, 0) is 74.6 Å². The van der Waals surface area contributed by atoms with E-state index >= 15 is 0 Å². The largest absolute Gasteiger partial charge is 0.497 e. The van der Waals surface area contributed by atoms with Crippen molar-refractivity contribution in [2.45, 2.75) is 32.1 Å². The zero-order valence-electron chi connectivity index (χ0n) is 18.8. The Hall–Kier alpha value is -3.02. The molecule has 2 fully saturated rings. The minimum atomic E-state index is 0.0477. The number of benzene rings is 2. The zero-order valence-corrected chi connectivity index (χ0v) is 18.8. The van der Waals surface area contributed by atoms with Crippen LogP contribution in [0.15, 0.2) is 48.5 Å². The summed E-state index contributed by atoms with van der Waals surface area (Å²) < 4.78 is 11.2. The molecule has 2 aromatic rings. The highest BCUT2D eigenvalue weighted by Gasteiger charge is 2.25. The Labute approximate surface area is 190 Å². The van der Waals surface area contributed by atoms with E-state index in [0.29, 0.717) is 30.0 Å². The number of hydrogen-bond donors (Lipinski definition) is 0. The molecule has 0 aliphatic carbocycles. The Morgan fingerprint density at radius 3 is 2.31 bits per heavy atom. The van der Waals surface area contributed by atoms with Crippen LogP contribution in [0.5, 0.6) is 11.5 Å². The van der Waals surface area contributed by atoms with Crippen LogP contribution in [0, 0.1) is 5.92 Å². The van der Waals surface area contributed by atoms with Crippen LogP contribution < -0.4 is 9.47 Å². The fraction of sp³-hybridized carbons (Fsp3) is 0.462. The number of carbonyl (C=O) groups excluding carboxylic acids is 2. The van der Waals surface area contributed by atoms with Crippen LogP contribution in [0.3, 0.4) is 0 Å². The number of piperidine rings is 2. The van der Waals surface area contributed by atoms with Gasteiger partial charge in [-0.25, -0.2) is 0 Å². The van der Waals surface area contributed by atoms with Gasteiger partial charge in [0.2, 0.25) is 0 Å². The van der Waals surface area contributed by atoms with E-state index in [1.165, 1.54) is 6.42 Å². The Balaban J connectivity index is 1.32. The summed E-state index contributed by atoms with van der Waals surface area (Å²) >= 11 is 0. The molecule has 170 valence electrons. The molecule has 0 bridgehead atoms. The van der Waals surface area contributed by atoms with Gasteiger partial charge >= 0.3 is 0 Å². The minimum absolute atomic E-state index is 0.0477. The van der Waals surface area contributed by atoms with Crippen LogP contribution >= 0.6 is 0 Å². The molecule has 2 aromatic carbocycles. The first kappa shape index (κ1) is 22.2. The number of hydrogen-bond acceptors (Lipinski definition) is 4. The molecular formula is C26H32N2O4. The second-order valence-corrected chi connectivity index (χ2v) is 8.68. The smallest absolute Gasteiger partial charge is 0.253 e. The number of amides is 2. The van der Waals surface area contributed by atoms with Crippen LogP contribution in [0.25, 0.3) is 0 Å². The van der Waals surface area contributed by atoms with E-state index in [4.69, 9.17) is 9.47 Å². The summed E-state index contributed by atoms with van der Waals surface area (Å²) in [5.41, 5.74) is 1.36. The molecule has 32 heavy (non-hydrogen) atoms. The molecule has 2 amide bonds. The predicted molar refractivity (Wildman–Crippen MR) is 123 cm³/mol. The zero-order chi connectivity index (χ0) is 22.3. The Morgan fingerprint density at radius 1 is 0.844 bits per heavy atom. The summed E-state index contributed by atoms with van der Waals surface area (Å²) in [5.74, 6) is 1.86. The lowest BCUT2D eigenvalue weighted by Gasteiger charge is -2.32. The first-order valence-corrected chi connectivity index (χ1v) is 11.6. The van der Waals surface area contributed by atoms with Crippen molar-refractivity contribution in [3.05, 3.63) is 59.7 Å². The normalized spacial score (nSPS) is 18.8. The number of ether oxygens (including phenoxy) is 2. The molecule has 2 saturated heterocycles. The highest BCUT2D eigenvalue weighted by atomic mass is 16.5. The molecule has 4 rings (SSSR count). The van der Waals surface area contributed by atoms with Gasteiger partial charge in [-0.1, -0.05) is 6.07 Å². The SMILES string of the molecule is COc1ccc(C(=O)N2CCC[C@@H](COc3cccc(C(=O)N4CCCCC4)c3)C2)cc1. The maximum atomic E-state index is 12.9. The first-order chi connectivity index (χ1) is 15.6. The molecule has 6 nitrogen and oxygen atoms in total. The summed E-state index contributed by atoms with van der Waals surface area (Å²) in [4.78, 5) is 29.5. The molecule has 0 radical (unpaired) electrons. The monoisotopic (exact) mass is 436 g/mol. The third kappa shape index (κ3) is 5.42. The summed E-state index contributed by atoms with van der Waals surface area (Å²) in [5, 5.41) is 0. The maximum absolute atomic E-state index is 12.9. The molecule has 0 spiro atoms. The van der Waals surface area contributed by atoms with E-state index in [2.05, 4.69) is 0 Å². The Kier molecular flexibility index (Phi) is 7.30. The summed E-state index contributed by atoms with van der Waals surface area (Å²) in [6.07, 6.45) is 5.35. The topological polar surface area (TPSA) is 59.1 Å². The molecule has 0 unspecified atom stereocenters. The van der Waals surface area contributed by atoms with Crippen LogP contribution in [0.2, 0.25) is 0 Å². The molecule has 0 N–H and O–H groups in total. The van der Waals surface area contributed by atoms with Gasteiger partial charge in [0.25, 0.3) is 11.8 Å². The van der Waals surface area contributed by atoms with Crippen molar-refractivity contribution in [2.24, 2.45) is 5.92 Å². The van der Waals surface area contributed by atoms with Gasteiger partial charge in [0.1, 0.15) is 11.5 Å². The van der Waals surface area contributed by atoms with Gasteiger partial charge in [0.05, 0.1) is 13.7 Å². The third-order valence-electron chi connectivity index (χ3n) is 6.35. The quantitative estimate of drug-likeness (QED) is 0.679. The lowest BCUT2D eigenvalue weighted by Crippen LogP contribution is -2.41. The molecule has 2 aliphatic rings. The number of carbonyl (C=O) groups is 2. The lowest BCUT2D eigenvalue weighted by atomic mass is 9.98. The van der Waals surface area contributed by atoms with Crippen LogP contribution in [-0.2, 0) is 0 Å². The Morgan fingerprint density at radius 2 is 1.56 bits per heavy atom. The molecule has 2 heterocycles. The van der Waals surface area contributed by atoms with Gasteiger partial charge in [-0.15, -0.1) is 0 Å². The standard InChI is InChI=1S/C26H32N2O4/c1-31-23-12-10-21(11-13-23)25(29)28-16-6-7-20(18-28)19-32-24-9-5-8-22(17-24)26(30)27-14-3-2-4-15-27/h5,8-13,17,20H,2-4,6-7,14-16,18-19H2,1H3/t20-/m1/s1. The second kappa shape index (κ2) is 10.5. The van der Waals surface area contributed by atoms with Crippen molar-refractivity contribution in [1.82, 2.24) is 9.80 Å². The van der Waals surface area contributed by atoms with Crippen molar-refractivity contribution in [2.75, 3.05) is 39.9 Å². The van der Waals surface area contributed by atoms with Crippen LogP contribution in [-0.4, -0.2) is 61.5 Å². The molecule has 1 atom stereocenters. The van der Waals surface area contributed by atoms with E-state index in [1.54, 1.807) is 7.11 Å². The van der Waals surface area contributed by atoms with Gasteiger partial charge in [0.15, 0.2) is 0 Å². The lowest BCUT2D eigenvalue weighted by molar-refractivity contribution is 0.0631. The number of rotatable bonds is 6. The number of likely N-dealkylation sites (tertiary alicyclic amines) is 2. The van der Waals surface area contributed by atoms with Gasteiger partial charge < -0.3 is 19.3 Å². The average molecular weight is 437 g/mol. The first-order valence-electron chi connectivity index (χ1n) is 11.6. The van der Waals surface area contributed by atoms with Crippen LogP contribution in [0.4, 0.5) is 0 Å². The van der Waals surface area contributed by atoms with E-state index in [1.807, 2.05) is 58.3 Å². The van der Waals surface area contributed by atoms with E-state index in [-0.39, 0.29) is 17.7 Å². The Bertz CT molecular complexity index is 922. The predicted octanol–water partition coefficient (Wildman–Crippen LogP) is 4.25. The minimum Gasteiger partial charge on any atom is -0.497 e. The molecule has 0 saturated carbocycles. The fourth-order valence-corrected chi connectivity index (χ4v) is 4.51. The van der Waals surface area contributed by atoms with E-state index in [0.717, 1.165) is 51.1 Å². The second-order valence-electron chi connectivity index (χ2n) is 8.68. The summed E-state index contributed by atoms with van der Waals surface area (Å²) in [6.45, 7) is 3.65. The highest BCUT2D eigenvalue weighted by molar-refractivity contribution is 5.95. The van der Waals surface area contributed by atoms with Crippen molar-refractivity contribution in [1.29, 1.82) is 0 Å². The van der Waals surface area contributed by atoms with Gasteiger partial charge in [-0.3, -0.25) is 9.59 Å². The van der Waals surface area contributed by atoms with Crippen molar-refractivity contribution >= 4 is 11.8 Å². The van der Waals surface area contributed by atoms with E-state index in [9.17, 15) is 9.59 Å². The molecule has 0 aromatic heterocycles. The van der Waals surface area contributed by atoms with Crippen molar-refractivity contribution < 1.29 is 19.1 Å². The van der Waals surface area contributed by atoms with Gasteiger partial charge in [-0.2, -0.15) is 0 Å². The third-order valence-corrected chi connectivity index (χ3v) is 6.35. The molecule has 2 aliphatic heterocycles. The average Bonchev–Trinajstić information content (AvgIpc) is 2.87. The highest BCUT2D eigenvalue weighted by Crippen LogP contribution is 2.23. The summed E-state index contributed by atoms with van der Waals surface area (Å²) in [7, 11) is 1.62. The van der Waals surface area contributed by atoms with E-state index < -0.39 is 0 Å². The van der Waals surface area contributed by atoms with Crippen molar-refractivity contribution in [3.8, 4) is 11.5 Å². The summed E-state index contributed by atoms with van der Waals surface area (Å²) in [6, 6.07) is 14.7. The number of methoxy groups -OCH3 is 1. The molecular weight excluding hydrogens is 404 g/mol. The van der Waals surface area contributed by atoms with Gasteiger partial charge in [0, 0.05) is 43.2 Å². The maximum Gasteiger partial charge on any atom is 0.253 e. The molecule has 6 heteroatoms. The number of nitrogens with zero attached hydrogens (tertiary/aromatic N) is 2.